The van der Waals surface area contributed by atoms with Crippen LogP contribution in [0.25, 0.3) is 5.65 Å². The zero-order valence-electron chi connectivity index (χ0n) is 8.61. The first kappa shape index (κ1) is 9.46. The molecule has 0 atom stereocenters. The summed E-state index contributed by atoms with van der Waals surface area (Å²) in [6.45, 7) is 0.831. The van der Waals surface area contributed by atoms with Crippen LogP contribution in [0, 0.1) is 5.92 Å². The topological polar surface area (TPSA) is 88.2 Å². The summed E-state index contributed by atoms with van der Waals surface area (Å²) in [5, 5.41) is 27.6. The molecule has 0 aliphatic heterocycles. The van der Waals surface area contributed by atoms with Crippen molar-refractivity contribution >= 4 is 11.5 Å². The molecule has 2 aromatic heterocycles. The van der Waals surface area contributed by atoms with E-state index in [9.17, 15) is 0 Å². The van der Waals surface area contributed by atoms with E-state index >= 15 is 0 Å². The van der Waals surface area contributed by atoms with Gasteiger partial charge in [0, 0.05) is 6.54 Å². The van der Waals surface area contributed by atoms with Crippen molar-refractivity contribution in [3.8, 4) is 0 Å². The van der Waals surface area contributed by atoms with Gasteiger partial charge in [0.05, 0.1) is 6.10 Å². The smallest absolute Gasteiger partial charge is 0.200 e. The number of hydrogen-bond donors (Lipinski definition) is 2. The molecular formula is C9H12N6O. The van der Waals surface area contributed by atoms with Crippen molar-refractivity contribution in [2.75, 3.05) is 11.9 Å². The summed E-state index contributed by atoms with van der Waals surface area (Å²) >= 11 is 0. The Morgan fingerprint density at radius 3 is 3.12 bits per heavy atom. The van der Waals surface area contributed by atoms with E-state index in [2.05, 4.69) is 25.9 Å². The van der Waals surface area contributed by atoms with Gasteiger partial charge in [0.25, 0.3) is 0 Å². The summed E-state index contributed by atoms with van der Waals surface area (Å²) in [4.78, 5) is 0. The van der Waals surface area contributed by atoms with E-state index in [1.165, 1.54) is 4.63 Å². The van der Waals surface area contributed by atoms with E-state index < -0.39 is 0 Å². The summed E-state index contributed by atoms with van der Waals surface area (Å²) in [6, 6.07) is 3.66. The van der Waals surface area contributed by atoms with E-state index in [4.69, 9.17) is 5.11 Å². The molecule has 0 amide bonds. The molecule has 3 rings (SSSR count). The molecule has 1 aliphatic carbocycles. The van der Waals surface area contributed by atoms with Crippen molar-refractivity contribution in [1.82, 2.24) is 25.3 Å². The van der Waals surface area contributed by atoms with Crippen LogP contribution in [-0.2, 0) is 0 Å². The summed E-state index contributed by atoms with van der Waals surface area (Å²) in [5.74, 6) is 1.29. The SMILES string of the molecule is OC1CC(CNc2ccc3nnnn3n2)C1. The average Bonchev–Trinajstić information content (AvgIpc) is 2.69. The monoisotopic (exact) mass is 220 g/mol. The van der Waals surface area contributed by atoms with Crippen LogP contribution < -0.4 is 5.32 Å². The highest BCUT2D eigenvalue weighted by molar-refractivity contribution is 5.42. The van der Waals surface area contributed by atoms with Crippen LogP contribution in [0.3, 0.4) is 0 Å². The lowest BCUT2D eigenvalue weighted by Gasteiger charge is -2.31. The Labute approximate surface area is 91.5 Å². The molecule has 1 aliphatic rings. The Morgan fingerprint density at radius 1 is 1.44 bits per heavy atom. The molecule has 1 saturated carbocycles. The highest BCUT2D eigenvalue weighted by Gasteiger charge is 2.26. The molecule has 16 heavy (non-hydrogen) atoms. The molecule has 0 aromatic carbocycles. The second-order valence-corrected chi connectivity index (χ2v) is 4.12. The molecular weight excluding hydrogens is 208 g/mol. The van der Waals surface area contributed by atoms with E-state index in [1.54, 1.807) is 0 Å². The normalized spacial score (nSPS) is 24.3. The Hall–Kier alpha value is -1.76. The molecule has 2 aromatic rings. The fourth-order valence-corrected chi connectivity index (χ4v) is 1.86. The molecule has 2 N–H and O–H groups in total. The van der Waals surface area contributed by atoms with Gasteiger partial charge in [0.2, 0.25) is 0 Å². The number of nitrogens with one attached hydrogen (secondary N) is 1. The molecule has 0 radical (unpaired) electrons. The third-order valence-corrected chi connectivity index (χ3v) is 2.85. The van der Waals surface area contributed by atoms with Gasteiger partial charge in [0.15, 0.2) is 5.65 Å². The molecule has 0 saturated heterocycles. The van der Waals surface area contributed by atoms with E-state index in [0.29, 0.717) is 11.6 Å². The number of aliphatic hydroxyl groups excluding tert-OH is 1. The van der Waals surface area contributed by atoms with Crippen molar-refractivity contribution in [3.63, 3.8) is 0 Å². The molecule has 84 valence electrons. The predicted octanol–water partition coefficient (Wildman–Crippen LogP) is -0.298. The third kappa shape index (κ3) is 1.69. The van der Waals surface area contributed by atoms with Gasteiger partial charge >= 0.3 is 0 Å². The zero-order valence-corrected chi connectivity index (χ0v) is 8.61. The van der Waals surface area contributed by atoms with Crippen molar-refractivity contribution in [1.29, 1.82) is 0 Å². The fraction of sp³-hybridized carbons (Fsp3) is 0.556. The standard InChI is InChI=1S/C9H12N6O/c16-7-3-6(4-7)5-10-8-1-2-9-11-13-14-15(9)12-8/h1-2,6-7,16H,3-5H2,(H,10,12). The second-order valence-electron chi connectivity index (χ2n) is 4.12. The highest BCUT2D eigenvalue weighted by atomic mass is 16.3. The Balaban J connectivity index is 1.65. The minimum Gasteiger partial charge on any atom is -0.393 e. The predicted molar refractivity (Wildman–Crippen MR) is 55.8 cm³/mol. The van der Waals surface area contributed by atoms with Crippen LogP contribution in [0.15, 0.2) is 12.1 Å². The van der Waals surface area contributed by atoms with Crippen molar-refractivity contribution in [2.45, 2.75) is 18.9 Å². The van der Waals surface area contributed by atoms with E-state index in [0.717, 1.165) is 25.2 Å². The summed E-state index contributed by atoms with van der Waals surface area (Å²) in [6.07, 6.45) is 1.64. The zero-order chi connectivity index (χ0) is 11.0. The van der Waals surface area contributed by atoms with Gasteiger partial charge in [-0.2, -0.15) is 0 Å². The van der Waals surface area contributed by atoms with Crippen molar-refractivity contribution < 1.29 is 5.11 Å². The van der Waals surface area contributed by atoms with Crippen LogP contribution in [0.2, 0.25) is 0 Å². The summed E-state index contributed by atoms with van der Waals surface area (Å²) in [5.41, 5.74) is 0.629. The largest absolute Gasteiger partial charge is 0.393 e. The van der Waals surface area contributed by atoms with Gasteiger partial charge in [0.1, 0.15) is 5.82 Å². The Kier molecular flexibility index (Phi) is 2.17. The second kappa shape index (κ2) is 3.67. The number of aromatic nitrogens is 5. The quantitative estimate of drug-likeness (QED) is 0.738. The van der Waals surface area contributed by atoms with Crippen LogP contribution in [0.5, 0.6) is 0 Å². The first-order chi connectivity index (χ1) is 7.81. The number of fused-ring (bicyclic) bond motifs is 1. The first-order valence-electron chi connectivity index (χ1n) is 5.28. The number of aliphatic hydroxyl groups is 1. The van der Waals surface area contributed by atoms with Crippen molar-refractivity contribution in [3.05, 3.63) is 12.1 Å². The van der Waals surface area contributed by atoms with Crippen LogP contribution in [0.1, 0.15) is 12.8 Å². The molecule has 0 spiro atoms. The van der Waals surface area contributed by atoms with E-state index in [-0.39, 0.29) is 6.10 Å². The molecule has 2 heterocycles. The Morgan fingerprint density at radius 2 is 2.31 bits per heavy atom. The number of anilines is 1. The summed E-state index contributed by atoms with van der Waals surface area (Å²) in [7, 11) is 0. The van der Waals surface area contributed by atoms with Gasteiger partial charge in [-0.1, -0.05) is 0 Å². The molecule has 0 bridgehead atoms. The number of rotatable bonds is 3. The minimum atomic E-state index is -0.109. The first-order valence-corrected chi connectivity index (χ1v) is 5.28. The van der Waals surface area contributed by atoms with Gasteiger partial charge in [-0.15, -0.1) is 14.8 Å². The number of hydrogen-bond acceptors (Lipinski definition) is 6. The lowest BCUT2D eigenvalue weighted by atomic mass is 9.82. The molecule has 7 nitrogen and oxygen atoms in total. The lowest BCUT2D eigenvalue weighted by Crippen LogP contribution is -2.33. The minimum absolute atomic E-state index is 0.109. The van der Waals surface area contributed by atoms with Gasteiger partial charge in [-0.05, 0) is 41.3 Å². The Bertz CT molecular complexity index is 491. The maximum atomic E-state index is 9.16. The van der Waals surface area contributed by atoms with Crippen LogP contribution in [-0.4, -0.2) is 43.0 Å². The van der Waals surface area contributed by atoms with Crippen molar-refractivity contribution in [2.24, 2.45) is 5.92 Å². The van der Waals surface area contributed by atoms with E-state index in [1.807, 2.05) is 12.1 Å². The maximum Gasteiger partial charge on any atom is 0.200 e. The molecule has 7 heteroatoms. The maximum absolute atomic E-state index is 9.16. The number of nitrogens with zero attached hydrogens (tertiary/aromatic N) is 5. The molecule has 1 fully saturated rings. The third-order valence-electron chi connectivity index (χ3n) is 2.85. The van der Waals surface area contributed by atoms with Crippen LogP contribution in [0.4, 0.5) is 5.82 Å². The number of tetrazole rings is 1. The van der Waals surface area contributed by atoms with Gasteiger partial charge in [-0.25, -0.2) is 0 Å². The fourth-order valence-electron chi connectivity index (χ4n) is 1.86. The van der Waals surface area contributed by atoms with Crippen LogP contribution >= 0.6 is 0 Å². The summed E-state index contributed by atoms with van der Waals surface area (Å²) < 4.78 is 1.39. The molecule has 0 unspecified atom stereocenters. The lowest BCUT2D eigenvalue weighted by molar-refractivity contribution is 0.0486. The van der Waals surface area contributed by atoms with Gasteiger partial charge in [-0.3, -0.25) is 0 Å². The average molecular weight is 220 g/mol. The highest BCUT2D eigenvalue weighted by Crippen LogP contribution is 2.26. The van der Waals surface area contributed by atoms with Gasteiger partial charge < -0.3 is 10.4 Å².